The smallest absolute Gasteiger partial charge is 0.146 e. The van der Waals surface area contributed by atoms with Gasteiger partial charge in [-0.25, -0.2) is 0 Å². The summed E-state index contributed by atoms with van der Waals surface area (Å²) in [5, 5.41) is 7.22. The molecule has 1 aromatic carbocycles. The third-order valence-corrected chi connectivity index (χ3v) is 4.00. The van der Waals surface area contributed by atoms with Crippen LogP contribution in [0, 0.1) is 0 Å². The minimum Gasteiger partial charge on any atom is -0.361 e. The molecule has 18 heavy (non-hydrogen) atoms. The van der Waals surface area contributed by atoms with Crippen LogP contribution in [0.3, 0.4) is 0 Å². The first-order chi connectivity index (χ1) is 8.90. The van der Waals surface area contributed by atoms with Gasteiger partial charge >= 0.3 is 0 Å². The van der Waals surface area contributed by atoms with Crippen LogP contribution < -0.4 is 5.32 Å². The maximum absolute atomic E-state index is 5.07. The number of aromatic nitrogens is 1. The molecule has 0 atom stereocenters. The van der Waals surface area contributed by atoms with E-state index in [0.717, 1.165) is 24.1 Å². The Kier molecular flexibility index (Phi) is 3.67. The minimum absolute atomic E-state index is 0.769. The standard InChI is InChI=1S/C14H16N2OS/c1-5-14(18-10-13-7-8-16-17-13)6-2-11(1)9-15-12-3-4-12/h1-2,5-8,12,15H,3-4,9-10H2. The molecule has 1 heterocycles. The number of hydrogen-bond acceptors (Lipinski definition) is 4. The second kappa shape index (κ2) is 5.59. The first-order valence-corrected chi connectivity index (χ1v) is 7.23. The zero-order valence-corrected chi connectivity index (χ0v) is 11.0. The first kappa shape index (κ1) is 11.8. The molecule has 1 aromatic heterocycles. The largest absolute Gasteiger partial charge is 0.361 e. The summed E-state index contributed by atoms with van der Waals surface area (Å²) < 4.78 is 5.07. The van der Waals surface area contributed by atoms with E-state index < -0.39 is 0 Å². The molecule has 0 aliphatic heterocycles. The summed E-state index contributed by atoms with van der Waals surface area (Å²) in [6.07, 6.45) is 4.36. The van der Waals surface area contributed by atoms with Crippen molar-refractivity contribution < 1.29 is 4.52 Å². The molecule has 94 valence electrons. The number of hydrogen-bond donors (Lipinski definition) is 1. The lowest BCUT2D eigenvalue weighted by Gasteiger charge is -2.04. The second-order valence-corrected chi connectivity index (χ2v) is 5.62. The molecule has 1 aliphatic carbocycles. The van der Waals surface area contributed by atoms with Gasteiger partial charge in [0.25, 0.3) is 0 Å². The summed E-state index contributed by atoms with van der Waals surface area (Å²) in [5.74, 6) is 1.75. The van der Waals surface area contributed by atoms with E-state index in [2.05, 4.69) is 34.7 Å². The van der Waals surface area contributed by atoms with Crippen LogP contribution in [0.4, 0.5) is 0 Å². The predicted molar refractivity (Wildman–Crippen MR) is 72.4 cm³/mol. The monoisotopic (exact) mass is 260 g/mol. The van der Waals surface area contributed by atoms with Crippen molar-refractivity contribution in [2.45, 2.75) is 36.1 Å². The van der Waals surface area contributed by atoms with Gasteiger partial charge in [-0.1, -0.05) is 17.3 Å². The van der Waals surface area contributed by atoms with Gasteiger partial charge in [0, 0.05) is 23.5 Å². The maximum Gasteiger partial charge on any atom is 0.146 e. The van der Waals surface area contributed by atoms with E-state index in [1.807, 2.05) is 6.07 Å². The van der Waals surface area contributed by atoms with Crippen LogP contribution in [0.25, 0.3) is 0 Å². The fourth-order valence-electron chi connectivity index (χ4n) is 1.72. The van der Waals surface area contributed by atoms with E-state index >= 15 is 0 Å². The van der Waals surface area contributed by atoms with Gasteiger partial charge in [0.15, 0.2) is 0 Å². The third-order valence-electron chi connectivity index (χ3n) is 2.97. The lowest BCUT2D eigenvalue weighted by molar-refractivity contribution is 0.395. The molecule has 1 saturated carbocycles. The summed E-state index contributed by atoms with van der Waals surface area (Å²) >= 11 is 1.77. The molecule has 0 unspecified atom stereocenters. The molecule has 0 spiro atoms. The highest BCUT2D eigenvalue weighted by Gasteiger charge is 2.19. The lowest BCUT2D eigenvalue weighted by Crippen LogP contribution is -2.14. The molecule has 3 nitrogen and oxygen atoms in total. The molecule has 4 heteroatoms. The van der Waals surface area contributed by atoms with Crippen LogP contribution in [0.1, 0.15) is 24.2 Å². The van der Waals surface area contributed by atoms with Gasteiger partial charge in [0.2, 0.25) is 0 Å². The highest BCUT2D eigenvalue weighted by molar-refractivity contribution is 7.98. The van der Waals surface area contributed by atoms with Crippen LogP contribution in [-0.4, -0.2) is 11.2 Å². The van der Waals surface area contributed by atoms with E-state index in [-0.39, 0.29) is 0 Å². The lowest BCUT2D eigenvalue weighted by atomic mass is 10.2. The Morgan fingerprint density at radius 2 is 2.06 bits per heavy atom. The molecular formula is C14H16N2OS. The Bertz CT molecular complexity index is 477. The summed E-state index contributed by atoms with van der Waals surface area (Å²) in [6.45, 7) is 0.984. The zero-order valence-electron chi connectivity index (χ0n) is 10.1. The molecule has 0 saturated heterocycles. The maximum atomic E-state index is 5.07. The van der Waals surface area contributed by atoms with Crippen molar-refractivity contribution in [2.24, 2.45) is 0 Å². The van der Waals surface area contributed by atoms with Gasteiger partial charge in [-0.15, -0.1) is 11.8 Å². The Morgan fingerprint density at radius 3 is 2.72 bits per heavy atom. The van der Waals surface area contributed by atoms with Gasteiger partial charge < -0.3 is 9.84 Å². The van der Waals surface area contributed by atoms with Crippen molar-refractivity contribution in [3.05, 3.63) is 47.9 Å². The number of thioether (sulfide) groups is 1. The van der Waals surface area contributed by atoms with E-state index in [9.17, 15) is 0 Å². The number of nitrogens with zero attached hydrogens (tertiary/aromatic N) is 1. The van der Waals surface area contributed by atoms with Crippen molar-refractivity contribution in [1.29, 1.82) is 0 Å². The highest BCUT2D eigenvalue weighted by Crippen LogP contribution is 2.23. The number of rotatable bonds is 6. The quantitative estimate of drug-likeness (QED) is 0.809. The summed E-state index contributed by atoms with van der Waals surface area (Å²) in [4.78, 5) is 1.27. The average molecular weight is 260 g/mol. The van der Waals surface area contributed by atoms with Crippen molar-refractivity contribution >= 4 is 11.8 Å². The molecule has 1 N–H and O–H groups in total. The summed E-state index contributed by atoms with van der Waals surface area (Å²) in [7, 11) is 0. The van der Waals surface area contributed by atoms with E-state index in [1.54, 1.807) is 18.0 Å². The van der Waals surface area contributed by atoms with Crippen molar-refractivity contribution in [2.75, 3.05) is 0 Å². The van der Waals surface area contributed by atoms with E-state index in [0.29, 0.717) is 0 Å². The second-order valence-electron chi connectivity index (χ2n) is 4.57. The van der Waals surface area contributed by atoms with Crippen LogP contribution in [-0.2, 0) is 12.3 Å². The van der Waals surface area contributed by atoms with E-state index in [1.165, 1.54) is 23.3 Å². The number of nitrogens with one attached hydrogen (secondary N) is 1. The Hall–Kier alpha value is -1.26. The Labute approximate surface area is 111 Å². The van der Waals surface area contributed by atoms with Gasteiger partial charge in [-0.3, -0.25) is 0 Å². The Balaban J connectivity index is 1.50. The molecule has 1 fully saturated rings. The zero-order chi connectivity index (χ0) is 12.2. The predicted octanol–water partition coefficient (Wildman–Crippen LogP) is 3.22. The van der Waals surface area contributed by atoms with Crippen LogP contribution in [0.2, 0.25) is 0 Å². The van der Waals surface area contributed by atoms with Crippen LogP contribution in [0.15, 0.2) is 45.9 Å². The van der Waals surface area contributed by atoms with Gasteiger partial charge in [0.05, 0.1) is 11.9 Å². The van der Waals surface area contributed by atoms with Crippen LogP contribution in [0.5, 0.6) is 0 Å². The molecule has 0 amide bonds. The molecule has 3 rings (SSSR count). The topological polar surface area (TPSA) is 38.1 Å². The fraction of sp³-hybridized carbons (Fsp3) is 0.357. The van der Waals surface area contributed by atoms with Crippen molar-refractivity contribution in [3.63, 3.8) is 0 Å². The molecule has 2 aromatic rings. The highest BCUT2D eigenvalue weighted by atomic mass is 32.2. The normalized spacial score (nSPS) is 14.9. The molecular weight excluding hydrogens is 244 g/mol. The molecule has 0 radical (unpaired) electrons. The fourth-order valence-corrected chi connectivity index (χ4v) is 2.51. The van der Waals surface area contributed by atoms with Crippen molar-refractivity contribution in [1.82, 2.24) is 10.5 Å². The molecule has 0 bridgehead atoms. The average Bonchev–Trinajstić information content (AvgIpc) is 3.09. The van der Waals surface area contributed by atoms with Crippen LogP contribution >= 0.6 is 11.8 Å². The third kappa shape index (κ3) is 3.37. The first-order valence-electron chi connectivity index (χ1n) is 6.25. The van der Waals surface area contributed by atoms with Crippen molar-refractivity contribution in [3.8, 4) is 0 Å². The summed E-state index contributed by atoms with van der Waals surface area (Å²) in [5.41, 5.74) is 1.35. The Morgan fingerprint density at radius 1 is 1.22 bits per heavy atom. The summed E-state index contributed by atoms with van der Waals surface area (Å²) in [6, 6.07) is 11.4. The SMILES string of the molecule is c1cc(CSc2ccc(CNC3CC3)cc2)on1. The number of benzene rings is 1. The minimum atomic E-state index is 0.769. The van der Waals surface area contributed by atoms with Gasteiger partial charge in [-0.05, 0) is 30.5 Å². The van der Waals surface area contributed by atoms with E-state index in [4.69, 9.17) is 4.52 Å². The van der Waals surface area contributed by atoms with Gasteiger partial charge in [-0.2, -0.15) is 0 Å². The van der Waals surface area contributed by atoms with Gasteiger partial charge in [0.1, 0.15) is 5.76 Å². The molecule has 1 aliphatic rings.